The number of rotatable bonds is 6. The lowest BCUT2D eigenvalue weighted by Gasteiger charge is -2.22. The fourth-order valence-corrected chi connectivity index (χ4v) is 3.94. The van der Waals surface area contributed by atoms with Crippen molar-refractivity contribution in [3.05, 3.63) is 40.3 Å². The Hall–Kier alpha value is -1.15. The maximum Gasteiger partial charge on any atom is 0.276 e. The van der Waals surface area contributed by atoms with E-state index >= 15 is 0 Å². The highest BCUT2D eigenvalue weighted by molar-refractivity contribution is 7.89. The minimum atomic E-state index is -3.61. The highest BCUT2D eigenvalue weighted by Crippen LogP contribution is 2.21. The molecule has 20 heavy (non-hydrogen) atoms. The molecule has 1 unspecified atom stereocenters. The molecule has 5 nitrogen and oxygen atoms in total. The van der Waals surface area contributed by atoms with E-state index in [1.807, 2.05) is 24.4 Å². The summed E-state index contributed by atoms with van der Waals surface area (Å²) in [5.41, 5.74) is 5.43. The summed E-state index contributed by atoms with van der Waals surface area (Å²) in [6, 6.07) is 6.85. The molecule has 7 heteroatoms. The Morgan fingerprint density at radius 2 is 2.15 bits per heavy atom. The van der Waals surface area contributed by atoms with Gasteiger partial charge in [0.2, 0.25) is 5.09 Å². The number of sulfonamides is 1. The van der Waals surface area contributed by atoms with Gasteiger partial charge < -0.3 is 10.2 Å². The van der Waals surface area contributed by atoms with Crippen LogP contribution in [0.4, 0.5) is 0 Å². The highest BCUT2D eigenvalue weighted by atomic mass is 32.2. The molecule has 1 atom stereocenters. The summed E-state index contributed by atoms with van der Waals surface area (Å²) in [5, 5.41) is 1.93. The van der Waals surface area contributed by atoms with Crippen molar-refractivity contribution in [1.29, 1.82) is 0 Å². The minimum absolute atomic E-state index is 0.0570. The van der Waals surface area contributed by atoms with E-state index in [9.17, 15) is 8.42 Å². The summed E-state index contributed by atoms with van der Waals surface area (Å²) in [6.07, 6.45) is 0.678. The van der Waals surface area contributed by atoms with Crippen LogP contribution >= 0.6 is 11.3 Å². The zero-order valence-corrected chi connectivity index (χ0v) is 13.1. The smallest absolute Gasteiger partial charge is 0.276 e. The molecule has 0 amide bonds. The number of nitrogens with zero attached hydrogens (tertiary/aromatic N) is 1. The third kappa shape index (κ3) is 3.12. The zero-order chi connectivity index (χ0) is 14.8. The van der Waals surface area contributed by atoms with Crippen molar-refractivity contribution in [2.45, 2.75) is 31.0 Å². The minimum Gasteiger partial charge on any atom is -0.447 e. The van der Waals surface area contributed by atoms with Crippen LogP contribution in [0.15, 0.2) is 39.2 Å². The molecule has 2 heterocycles. The first-order valence-electron chi connectivity index (χ1n) is 6.24. The first kappa shape index (κ1) is 15.2. The van der Waals surface area contributed by atoms with Crippen LogP contribution in [-0.4, -0.2) is 25.8 Å². The molecule has 2 aromatic heterocycles. The van der Waals surface area contributed by atoms with E-state index < -0.39 is 10.0 Å². The molecule has 0 aliphatic heterocycles. The lowest BCUT2D eigenvalue weighted by atomic mass is 10.2. The number of thiophene rings is 1. The number of hydrogen-bond donors (Lipinski definition) is 1. The molecule has 2 aromatic rings. The molecule has 0 fully saturated rings. The lowest BCUT2D eigenvalue weighted by Crippen LogP contribution is -2.36. The van der Waals surface area contributed by atoms with Crippen LogP contribution in [0, 0.1) is 0 Å². The molecule has 0 spiro atoms. The van der Waals surface area contributed by atoms with Crippen LogP contribution in [0.5, 0.6) is 0 Å². The predicted molar refractivity (Wildman–Crippen MR) is 79.0 cm³/mol. The van der Waals surface area contributed by atoms with Crippen LogP contribution in [0.3, 0.4) is 0 Å². The Morgan fingerprint density at radius 3 is 2.70 bits per heavy atom. The summed E-state index contributed by atoms with van der Waals surface area (Å²) < 4.78 is 31.4. The average molecular weight is 314 g/mol. The van der Waals surface area contributed by atoms with Crippen molar-refractivity contribution in [2.75, 3.05) is 7.05 Å². The van der Waals surface area contributed by atoms with E-state index in [1.165, 1.54) is 10.4 Å². The third-order valence-corrected chi connectivity index (χ3v) is 5.91. The second kappa shape index (κ2) is 6.09. The molecule has 2 rings (SSSR count). The van der Waals surface area contributed by atoms with Gasteiger partial charge in [0.05, 0.1) is 6.54 Å². The van der Waals surface area contributed by atoms with Gasteiger partial charge in [0, 0.05) is 18.0 Å². The Morgan fingerprint density at radius 1 is 1.40 bits per heavy atom. The van der Waals surface area contributed by atoms with Gasteiger partial charge in [0.15, 0.2) is 0 Å². The number of nitrogens with two attached hydrogens (primary N) is 1. The van der Waals surface area contributed by atoms with Crippen LogP contribution in [0.1, 0.15) is 17.6 Å². The van der Waals surface area contributed by atoms with Gasteiger partial charge >= 0.3 is 0 Å². The van der Waals surface area contributed by atoms with Crippen molar-refractivity contribution < 1.29 is 12.8 Å². The van der Waals surface area contributed by atoms with E-state index in [1.54, 1.807) is 24.5 Å². The van der Waals surface area contributed by atoms with E-state index in [0.717, 1.165) is 4.88 Å². The molecule has 0 saturated heterocycles. The molecular formula is C13H18N2O3S2. The summed E-state index contributed by atoms with van der Waals surface area (Å²) in [7, 11) is -2.05. The van der Waals surface area contributed by atoms with Gasteiger partial charge in [-0.25, -0.2) is 8.42 Å². The lowest BCUT2D eigenvalue weighted by molar-refractivity contribution is 0.355. The highest BCUT2D eigenvalue weighted by Gasteiger charge is 2.28. The van der Waals surface area contributed by atoms with E-state index in [2.05, 4.69) is 0 Å². The summed E-state index contributed by atoms with van der Waals surface area (Å²) >= 11 is 1.62. The maximum atomic E-state index is 12.4. The van der Waals surface area contributed by atoms with Gasteiger partial charge in [-0.1, -0.05) is 6.07 Å². The van der Waals surface area contributed by atoms with Gasteiger partial charge in [-0.15, -0.1) is 11.3 Å². The quantitative estimate of drug-likeness (QED) is 0.885. The van der Waals surface area contributed by atoms with Gasteiger partial charge in [-0.2, -0.15) is 4.31 Å². The molecular weight excluding hydrogens is 296 g/mol. The van der Waals surface area contributed by atoms with Gasteiger partial charge in [0.25, 0.3) is 10.0 Å². The van der Waals surface area contributed by atoms with E-state index in [0.29, 0.717) is 12.2 Å². The maximum absolute atomic E-state index is 12.4. The van der Waals surface area contributed by atoms with Crippen LogP contribution in [0.2, 0.25) is 0 Å². The number of hydrogen-bond acceptors (Lipinski definition) is 5. The molecule has 0 aromatic carbocycles. The fraction of sp³-hybridized carbons (Fsp3) is 0.385. The molecule has 0 radical (unpaired) electrons. The average Bonchev–Trinajstić information content (AvgIpc) is 3.08. The SMILES string of the molecule is CC(Cc1cccs1)N(C)S(=O)(=O)c1ccc(CN)o1. The van der Waals surface area contributed by atoms with Crippen LogP contribution < -0.4 is 5.73 Å². The van der Waals surface area contributed by atoms with Crippen molar-refractivity contribution in [3.63, 3.8) is 0 Å². The Labute approximate surface area is 123 Å². The third-order valence-electron chi connectivity index (χ3n) is 3.17. The summed E-state index contributed by atoms with van der Waals surface area (Å²) in [6.45, 7) is 2.06. The Kier molecular flexibility index (Phi) is 4.64. The predicted octanol–water partition coefficient (Wildman–Crippen LogP) is 2.05. The molecule has 0 aliphatic carbocycles. The Balaban J connectivity index is 2.15. The molecule has 2 N–H and O–H groups in total. The van der Waals surface area contributed by atoms with Crippen molar-refractivity contribution in [1.82, 2.24) is 4.31 Å². The molecule has 110 valence electrons. The normalized spacial score (nSPS) is 13.8. The number of furan rings is 1. The van der Waals surface area contributed by atoms with Crippen molar-refractivity contribution in [2.24, 2.45) is 5.73 Å². The van der Waals surface area contributed by atoms with Gasteiger partial charge in [0.1, 0.15) is 5.76 Å². The summed E-state index contributed by atoms with van der Waals surface area (Å²) in [5.74, 6) is 0.461. The number of likely N-dealkylation sites (N-methyl/N-ethyl adjacent to an activating group) is 1. The van der Waals surface area contributed by atoms with Crippen LogP contribution in [0.25, 0.3) is 0 Å². The monoisotopic (exact) mass is 314 g/mol. The summed E-state index contributed by atoms with van der Waals surface area (Å²) in [4.78, 5) is 1.15. The van der Waals surface area contributed by atoms with E-state index in [4.69, 9.17) is 10.2 Å². The standard InChI is InChI=1S/C13H18N2O3S2/c1-10(8-12-4-3-7-19-12)15(2)20(16,17)13-6-5-11(9-14)18-13/h3-7,10H,8-9,14H2,1-2H3. The molecule has 0 saturated carbocycles. The van der Waals surface area contributed by atoms with Crippen molar-refractivity contribution >= 4 is 21.4 Å². The second-order valence-corrected chi connectivity index (χ2v) is 7.54. The van der Waals surface area contributed by atoms with E-state index in [-0.39, 0.29) is 17.7 Å². The fourth-order valence-electron chi connectivity index (χ4n) is 1.83. The van der Waals surface area contributed by atoms with Crippen molar-refractivity contribution in [3.8, 4) is 0 Å². The second-order valence-electron chi connectivity index (χ2n) is 4.58. The molecule has 0 bridgehead atoms. The van der Waals surface area contributed by atoms with Gasteiger partial charge in [-0.3, -0.25) is 0 Å². The Bertz CT molecular complexity index is 647. The molecule has 0 aliphatic rings. The topological polar surface area (TPSA) is 76.5 Å². The first-order chi connectivity index (χ1) is 9.45. The zero-order valence-electron chi connectivity index (χ0n) is 11.4. The van der Waals surface area contributed by atoms with Gasteiger partial charge in [-0.05, 0) is 36.9 Å². The largest absolute Gasteiger partial charge is 0.447 e. The first-order valence-corrected chi connectivity index (χ1v) is 8.56. The van der Waals surface area contributed by atoms with Crippen LogP contribution in [-0.2, 0) is 23.0 Å².